The molecule has 1 aromatic heterocycles. The fourth-order valence-electron chi connectivity index (χ4n) is 2.64. The van der Waals surface area contributed by atoms with Crippen molar-refractivity contribution >= 4 is 27.7 Å². The van der Waals surface area contributed by atoms with E-state index in [2.05, 4.69) is 20.5 Å². The first-order valence-electron chi connectivity index (χ1n) is 9.38. The normalized spacial score (nSPS) is 11.5. The van der Waals surface area contributed by atoms with Crippen LogP contribution in [0.25, 0.3) is 11.4 Å². The number of hydrogen-bond acceptors (Lipinski definition) is 7. The van der Waals surface area contributed by atoms with Crippen molar-refractivity contribution in [2.24, 2.45) is 0 Å². The van der Waals surface area contributed by atoms with Crippen LogP contribution in [0.3, 0.4) is 0 Å². The topological polar surface area (TPSA) is 117 Å². The third kappa shape index (κ3) is 6.06. The van der Waals surface area contributed by atoms with Crippen LogP contribution in [0.15, 0.2) is 64.6 Å². The number of ether oxygens (including phenoxy) is 1. The number of hydrogen-bond donors (Lipinski definition) is 2. The number of benzene rings is 2. The van der Waals surface area contributed by atoms with Gasteiger partial charge in [-0.15, -0.1) is 5.10 Å². The largest absolute Gasteiger partial charge is 0.497 e. The summed E-state index contributed by atoms with van der Waals surface area (Å²) >= 11 is 1.39. The number of aromatic nitrogens is 3. The Morgan fingerprint density at radius 1 is 1.16 bits per heavy atom. The molecule has 1 heterocycles. The summed E-state index contributed by atoms with van der Waals surface area (Å²) in [5.74, 6) is 1.39. The molecule has 0 saturated heterocycles. The van der Waals surface area contributed by atoms with Crippen LogP contribution in [0.1, 0.15) is 0 Å². The number of carbonyl (C=O) groups excluding carboxylic acids is 1. The summed E-state index contributed by atoms with van der Waals surface area (Å²) in [5, 5.41) is 10.3. The van der Waals surface area contributed by atoms with E-state index in [9.17, 15) is 13.2 Å². The lowest BCUT2D eigenvalue weighted by Crippen LogP contribution is -2.39. The molecule has 0 aliphatic rings. The van der Waals surface area contributed by atoms with E-state index in [1.165, 1.54) is 38.1 Å². The Hall–Kier alpha value is -2.89. The monoisotopic (exact) mass is 461 g/mol. The first-order chi connectivity index (χ1) is 14.9. The van der Waals surface area contributed by atoms with Gasteiger partial charge >= 0.3 is 0 Å². The summed E-state index contributed by atoms with van der Waals surface area (Å²) in [5.41, 5.74) is 0.941. The number of aromatic amines is 1. The zero-order chi connectivity index (χ0) is 22.3. The molecule has 11 heteroatoms. The van der Waals surface area contributed by atoms with Crippen molar-refractivity contribution in [2.45, 2.75) is 10.1 Å². The summed E-state index contributed by atoms with van der Waals surface area (Å²) in [4.78, 5) is 16.7. The highest BCUT2D eigenvalue weighted by molar-refractivity contribution is 7.99. The number of amides is 1. The van der Waals surface area contributed by atoms with Gasteiger partial charge in [-0.05, 0) is 24.3 Å². The van der Waals surface area contributed by atoms with Crippen LogP contribution in [0.5, 0.6) is 5.75 Å². The van der Waals surface area contributed by atoms with Crippen LogP contribution in [0.4, 0.5) is 0 Å². The molecule has 0 spiro atoms. The van der Waals surface area contributed by atoms with Crippen LogP contribution in [0, 0.1) is 0 Å². The lowest BCUT2D eigenvalue weighted by molar-refractivity contribution is -0.121. The maximum atomic E-state index is 12.6. The van der Waals surface area contributed by atoms with Crippen LogP contribution >= 0.6 is 11.8 Å². The van der Waals surface area contributed by atoms with Gasteiger partial charge < -0.3 is 10.1 Å². The first kappa shape index (κ1) is 22.8. The Morgan fingerprint density at radius 2 is 1.87 bits per heavy atom. The minimum atomic E-state index is -3.77. The van der Waals surface area contributed by atoms with Crippen LogP contribution in [0.2, 0.25) is 0 Å². The smallest absolute Gasteiger partial charge is 0.243 e. The van der Waals surface area contributed by atoms with Gasteiger partial charge in [0.25, 0.3) is 0 Å². The van der Waals surface area contributed by atoms with Crippen LogP contribution in [-0.2, 0) is 14.8 Å². The third-order valence-electron chi connectivity index (χ3n) is 4.30. The molecule has 0 saturated carbocycles. The molecule has 0 radical (unpaired) electrons. The molecular formula is C20H23N5O4S2. The molecule has 31 heavy (non-hydrogen) atoms. The number of nitrogens with one attached hydrogen (secondary N) is 2. The minimum Gasteiger partial charge on any atom is -0.497 e. The van der Waals surface area contributed by atoms with Gasteiger partial charge in [0.2, 0.25) is 21.1 Å². The molecule has 2 aromatic carbocycles. The maximum Gasteiger partial charge on any atom is 0.243 e. The SMILES string of the molecule is COc1ccc(S(=O)(=O)N(C)CC(=O)NCCSc2n[nH]c(-c3ccccc3)n2)cc1. The van der Waals surface area contributed by atoms with E-state index in [1.54, 1.807) is 12.1 Å². The molecule has 3 aromatic rings. The number of carbonyl (C=O) groups is 1. The maximum absolute atomic E-state index is 12.6. The van der Waals surface area contributed by atoms with E-state index in [0.29, 0.717) is 29.0 Å². The highest BCUT2D eigenvalue weighted by Crippen LogP contribution is 2.19. The zero-order valence-electron chi connectivity index (χ0n) is 17.1. The third-order valence-corrected chi connectivity index (χ3v) is 6.97. The first-order valence-corrected chi connectivity index (χ1v) is 11.8. The van der Waals surface area contributed by atoms with Crippen LogP contribution in [-0.4, -0.2) is 66.8 Å². The van der Waals surface area contributed by atoms with E-state index in [1.807, 2.05) is 30.3 Å². The average molecular weight is 462 g/mol. The Kier molecular flexibility index (Phi) is 7.66. The quantitative estimate of drug-likeness (QED) is 0.350. The van der Waals surface area contributed by atoms with Crippen molar-refractivity contribution < 1.29 is 17.9 Å². The van der Waals surface area contributed by atoms with Crippen molar-refractivity contribution in [2.75, 3.05) is 33.0 Å². The van der Waals surface area contributed by atoms with Crippen molar-refractivity contribution in [3.8, 4) is 17.1 Å². The summed E-state index contributed by atoms with van der Waals surface area (Å²) in [7, 11) is -0.898. The molecule has 0 bridgehead atoms. The van der Waals surface area contributed by atoms with Gasteiger partial charge in [-0.2, -0.15) is 4.31 Å². The Balaban J connectivity index is 1.44. The molecule has 1 amide bonds. The van der Waals surface area contributed by atoms with Gasteiger partial charge in [0.05, 0.1) is 18.6 Å². The average Bonchev–Trinajstić information content (AvgIpc) is 3.26. The fourth-order valence-corrected chi connectivity index (χ4v) is 4.42. The Bertz CT molecular complexity index is 1100. The lowest BCUT2D eigenvalue weighted by atomic mass is 10.2. The lowest BCUT2D eigenvalue weighted by Gasteiger charge is -2.17. The van der Waals surface area contributed by atoms with Crippen molar-refractivity contribution in [1.82, 2.24) is 24.8 Å². The van der Waals surface area contributed by atoms with Gasteiger partial charge in [-0.1, -0.05) is 42.1 Å². The van der Waals surface area contributed by atoms with Crippen molar-refractivity contribution in [3.63, 3.8) is 0 Å². The highest BCUT2D eigenvalue weighted by atomic mass is 32.2. The molecule has 0 aliphatic heterocycles. The summed E-state index contributed by atoms with van der Waals surface area (Å²) in [6.07, 6.45) is 0. The molecule has 0 atom stereocenters. The second-order valence-corrected chi connectivity index (χ2v) is 9.57. The van der Waals surface area contributed by atoms with Crippen molar-refractivity contribution in [3.05, 3.63) is 54.6 Å². The second-order valence-electron chi connectivity index (χ2n) is 6.47. The fraction of sp³-hybridized carbons (Fsp3) is 0.250. The predicted molar refractivity (Wildman–Crippen MR) is 118 cm³/mol. The van der Waals surface area contributed by atoms with E-state index in [4.69, 9.17) is 4.74 Å². The minimum absolute atomic E-state index is 0.0954. The van der Waals surface area contributed by atoms with Crippen molar-refractivity contribution in [1.29, 1.82) is 0 Å². The van der Waals surface area contributed by atoms with Gasteiger partial charge in [-0.25, -0.2) is 13.4 Å². The molecule has 0 unspecified atom stereocenters. The van der Waals surface area contributed by atoms with Gasteiger partial charge in [0.15, 0.2) is 5.82 Å². The van der Waals surface area contributed by atoms with Gasteiger partial charge in [0.1, 0.15) is 5.75 Å². The van der Waals surface area contributed by atoms with Gasteiger partial charge in [0, 0.05) is 24.9 Å². The molecule has 164 valence electrons. The number of rotatable bonds is 10. The number of nitrogens with zero attached hydrogens (tertiary/aromatic N) is 3. The standard InChI is InChI=1S/C20H23N5O4S2/c1-25(31(27,28)17-10-8-16(29-2)9-11-17)14-18(26)21-12-13-30-20-22-19(23-24-20)15-6-4-3-5-7-15/h3-11H,12-14H2,1-2H3,(H,21,26)(H,22,23,24). The molecule has 0 fully saturated rings. The second kappa shape index (κ2) is 10.4. The molecule has 2 N–H and O–H groups in total. The predicted octanol–water partition coefficient (Wildman–Crippen LogP) is 2.01. The van der Waals surface area contributed by atoms with E-state index in [0.717, 1.165) is 9.87 Å². The Labute approximate surface area is 185 Å². The zero-order valence-corrected chi connectivity index (χ0v) is 18.7. The molecule has 0 aliphatic carbocycles. The summed E-state index contributed by atoms with van der Waals surface area (Å²) in [6.45, 7) is 0.0764. The van der Waals surface area contributed by atoms with E-state index >= 15 is 0 Å². The molecule has 3 rings (SSSR count). The Morgan fingerprint density at radius 3 is 2.55 bits per heavy atom. The summed E-state index contributed by atoms with van der Waals surface area (Å²) < 4.78 is 31.2. The van der Waals surface area contributed by atoms with Crippen LogP contribution < -0.4 is 10.1 Å². The number of sulfonamides is 1. The number of methoxy groups -OCH3 is 1. The summed E-state index contributed by atoms with van der Waals surface area (Å²) in [6, 6.07) is 15.7. The highest BCUT2D eigenvalue weighted by Gasteiger charge is 2.22. The molecule has 9 nitrogen and oxygen atoms in total. The number of likely N-dealkylation sites (N-methyl/N-ethyl adjacent to an activating group) is 1. The molecular weight excluding hydrogens is 438 g/mol. The van der Waals surface area contributed by atoms with Gasteiger partial charge in [-0.3, -0.25) is 9.89 Å². The number of H-pyrrole nitrogens is 1. The van der Waals surface area contributed by atoms with E-state index in [-0.39, 0.29) is 17.3 Å². The van der Waals surface area contributed by atoms with E-state index < -0.39 is 10.0 Å². The number of thioether (sulfide) groups is 1.